The summed E-state index contributed by atoms with van der Waals surface area (Å²) in [7, 11) is 0. The van der Waals surface area contributed by atoms with E-state index in [2.05, 4.69) is 19.2 Å². The van der Waals surface area contributed by atoms with E-state index in [1.807, 2.05) is 0 Å². The Kier molecular flexibility index (Phi) is 6.16. The van der Waals surface area contributed by atoms with Gasteiger partial charge in [0.15, 0.2) is 0 Å². The molecule has 0 saturated heterocycles. The minimum Gasteiger partial charge on any atom is -0.316 e. The topological polar surface area (TPSA) is 12.0 Å². The molecule has 0 bridgehead atoms. The van der Waals surface area contributed by atoms with Crippen LogP contribution < -0.4 is 5.32 Å². The first-order valence-electron chi connectivity index (χ1n) is 8.31. The van der Waals surface area contributed by atoms with E-state index in [9.17, 15) is 8.78 Å². The van der Waals surface area contributed by atoms with Crippen molar-refractivity contribution in [3.63, 3.8) is 0 Å². The molecule has 3 heteroatoms. The zero-order valence-corrected chi connectivity index (χ0v) is 13.2. The number of rotatable bonds is 6. The Morgan fingerprint density at radius 1 is 1.14 bits per heavy atom. The van der Waals surface area contributed by atoms with Crippen LogP contribution in [0.2, 0.25) is 0 Å². The lowest BCUT2D eigenvalue weighted by Gasteiger charge is -2.36. The first-order chi connectivity index (χ1) is 10.2. The van der Waals surface area contributed by atoms with E-state index >= 15 is 0 Å². The lowest BCUT2D eigenvalue weighted by atomic mass is 9.70. The van der Waals surface area contributed by atoms with Crippen molar-refractivity contribution in [2.24, 2.45) is 11.8 Å². The quantitative estimate of drug-likeness (QED) is 0.738. The highest BCUT2D eigenvalue weighted by atomic mass is 19.1. The predicted molar refractivity (Wildman–Crippen MR) is 83.4 cm³/mol. The van der Waals surface area contributed by atoms with Gasteiger partial charge in [-0.15, -0.1) is 0 Å². The summed E-state index contributed by atoms with van der Waals surface area (Å²) in [6.07, 6.45) is 5.34. The van der Waals surface area contributed by atoms with E-state index in [1.54, 1.807) is 0 Å². The van der Waals surface area contributed by atoms with E-state index in [0.29, 0.717) is 17.4 Å². The Bertz CT molecular complexity index is 425. The second-order valence-corrected chi connectivity index (χ2v) is 6.29. The Balaban J connectivity index is 2.20. The molecule has 1 fully saturated rings. The molecule has 3 unspecified atom stereocenters. The van der Waals surface area contributed by atoms with E-state index in [0.717, 1.165) is 38.8 Å². The number of benzene rings is 1. The fourth-order valence-corrected chi connectivity index (χ4v) is 3.62. The van der Waals surface area contributed by atoms with Crippen molar-refractivity contribution in [3.05, 3.63) is 35.4 Å². The van der Waals surface area contributed by atoms with Gasteiger partial charge in [0.25, 0.3) is 0 Å². The molecule has 3 atom stereocenters. The second kappa shape index (κ2) is 7.88. The summed E-state index contributed by atoms with van der Waals surface area (Å²) in [4.78, 5) is 0. The fourth-order valence-electron chi connectivity index (χ4n) is 3.62. The van der Waals surface area contributed by atoms with Gasteiger partial charge in [-0.1, -0.05) is 32.8 Å². The largest absolute Gasteiger partial charge is 0.316 e. The normalized spacial score (nSPS) is 26.0. The average molecular weight is 295 g/mol. The molecular weight excluding hydrogens is 268 g/mol. The molecule has 0 aromatic heterocycles. The lowest BCUT2D eigenvalue weighted by Crippen LogP contribution is -2.33. The Labute approximate surface area is 127 Å². The minimum absolute atomic E-state index is 0.00857. The first kappa shape index (κ1) is 16.4. The van der Waals surface area contributed by atoms with Gasteiger partial charge in [0.1, 0.15) is 11.6 Å². The van der Waals surface area contributed by atoms with Crippen molar-refractivity contribution in [2.75, 3.05) is 13.1 Å². The first-order valence-corrected chi connectivity index (χ1v) is 8.31. The highest BCUT2D eigenvalue weighted by Crippen LogP contribution is 2.43. The summed E-state index contributed by atoms with van der Waals surface area (Å²) in [6, 6.07) is 4.24. The van der Waals surface area contributed by atoms with E-state index in [1.165, 1.54) is 24.6 Å². The van der Waals surface area contributed by atoms with Crippen molar-refractivity contribution < 1.29 is 8.78 Å². The van der Waals surface area contributed by atoms with Crippen LogP contribution in [-0.4, -0.2) is 13.1 Å². The van der Waals surface area contributed by atoms with Crippen molar-refractivity contribution >= 4 is 0 Å². The number of hydrogen-bond donors (Lipinski definition) is 1. The van der Waals surface area contributed by atoms with Crippen LogP contribution in [0.25, 0.3) is 0 Å². The third kappa shape index (κ3) is 4.03. The van der Waals surface area contributed by atoms with Gasteiger partial charge in [0.2, 0.25) is 0 Å². The standard InChI is InChI=1S/C18H27F2N/c1-3-10-21-12-14-9-8-13(4-2)11-15(14)18-16(19)6-5-7-17(18)20/h5-7,13-15,21H,3-4,8-12H2,1-2H3. The zero-order chi connectivity index (χ0) is 15.2. The fraction of sp³-hybridized carbons (Fsp3) is 0.667. The van der Waals surface area contributed by atoms with Gasteiger partial charge in [0.05, 0.1) is 0 Å². The van der Waals surface area contributed by atoms with E-state index < -0.39 is 0 Å². The molecule has 1 aliphatic carbocycles. The lowest BCUT2D eigenvalue weighted by molar-refractivity contribution is 0.218. The van der Waals surface area contributed by atoms with Crippen molar-refractivity contribution in [3.8, 4) is 0 Å². The molecule has 1 aromatic rings. The van der Waals surface area contributed by atoms with Gasteiger partial charge in [-0.05, 0) is 62.2 Å². The van der Waals surface area contributed by atoms with Crippen LogP contribution in [0.4, 0.5) is 8.78 Å². The molecule has 0 radical (unpaired) electrons. The van der Waals surface area contributed by atoms with Crippen LogP contribution in [0.15, 0.2) is 18.2 Å². The van der Waals surface area contributed by atoms with Crippen molar-refractivity contribution in [2.45, 2.75) is 51.9 Å². The number of nitrogens with one attached hydrogen (secondary N) is 1. The van der Waals surface area contributed by atoms with Crippen LogP contribution in [0.5, 0.6) is 0 Å². The zero-order valence-electron chi connectivity index (χ0n) is 13.2. The maximum Gasteiger partial charge on any atom is 0.129 e. The highest BCUT2D eigenvalue weighted by molar-refractivity contribution is 5.25. The molecular formula is C18H27F2N. The average Bonchev–Trinajstić information content (AvgIpc) is 2.48. The van der Waals surface area contributed by atoms with Crippen molar-refractivity contribution in [1.82, 2.24) is 5.32 Å². The molecule has 21 heavy (non-hydrogen) atoms. The van der Waals surface area contributed by atoms with Crippen LogP contribution in [0, 0.1) is 23.5 Å². The van der Waals surface area contributed by atoms with Gasteiger partial charge >= 0.3 is 0 Å². The summed E-state index contributed by atoms with van der Waals surface area (Å²) in [6.45, 7) is 6.15. The maximum absolute atomic E-state index is 14.2. The van der Waals surface area contributed by atoms with E-state index in [4.69, 9.17) is 0 Å². The van der Waals surface area contributed by atoms with Gasteiger partial charge in [-0.3, -0.25) is 0 Å². The molecule has 118 valence electrons. The molecule has 1 nitrogen and oxygen atoms in total. The molecule has 0 amide bonds. The van der Waals surface area contributed by atoms with Gasteiger partial charge in [-0.2, -0.15) is 0 Å². The molecule has 1 aliphatic rings. The molecule has 1 N–H and O–H groups in total. The molecule has 0 heterocycles. The van der Waals surface area contributed by atoms with Gasteiger partial charge in [-0.25, -0.2) is 8.78 Å². The molecule has 1 saturated carbocycles. The van der Waals surface area contributed by atoms with Gasteiger partial charge < -0.3 is 5.32 Å². The smallest absolute Gasteiger partial charge is 0.129 e. The third-order valence-electron chi connectivity index (χ3n) is 4.88. The van der Waals surface area contributed by atoms with Crippen molar-refractivity contribution in [1.29, 1.82) is 0 Å². The summed E-state index contributed by atoms with van der Waals surface area (Å²) >= 11 is 0. The summed E-state index contributed by atoms with van der Waals surface area (Å²) in [5.74, 6) is 0.186. The third-order valence-corrected chi connectivity index (χ3v) is 4.88. The van der Waals surface area contributed by atoms with Crippen LogP contribution in [0.1, 0.15) is 57.4 Å². The number of halogens is 2. The van der Waals surface area contributed by atoms with Crippen LogP contribution in [0.3, 0.4) is 0 Å². The summed E-state index contributed by atoms with van der Waals surface area (Å²) < 4.78 is 28.3. The summed E-state index contributed by atoms with van der Waals surface area (Å²) in [5.41, 5.74) is 0.318. The SMILES string of the molecule is CCCNCC1CCC(CC)CC1c1c(F)cccc1F. The molecule has 0 spiro atoms. The van der Waals surface area contributed by atoms with Gasteiger partial charge in [0, 0.05) is 5.56 Å². The number of hydrogen-bond acceptors (Lipinski definition) is 1. The molecule has 0 aliphatic heterocycles. The molecule has 2 rings (SSSR count). The predicted octanol–water partition coefficient (Wildman–Crippen LogP) is 4.87. The minimum atomic E-state index is -0.378. The van der Waals surface area contributed by atoms with Crippen LogP contribution >= 0.6 is 0 Å². The van der Waals surface area contributed by atoms with Crippen LogP contribution in [-0.2, 0) is 0 Å². The monoisotopic (exact) mass is 295 g/mol. The highest BCUT2D eigenvalue weighted by Gasteiger charge is 2.33. The Hall–Kier alpha value is -0.960. The second-order valence-electron chi connectivity index (χ2n) is 6.29. The summed E-state index contributed by atoms with van der Waals surface area (Å²) in [5, 5.41) is 3.43. The Morgan fingerprint density at radius 3 is 2.48 bits per heavy atom. The Morgan fingerprint density at radius 2 is 1.86 bits per heavy atom. The maximum atomic E-state index is 14.2. The van der Waals surface area contributed by atoms with E-state index in [-0.39, 0.29) is 17.6 Å². The molecule has 1 aromatic carbocycles.